The van der Waals surface area contributed by atoms with E-state index in [9.17, 15) is 14.0 Å². The first-order valence-electron chi connectivity index (χ1n) is 5.13. The molecule has 0 saturated carbocycles. The SMILES string of the molecule is CCOC(=O)C(N)C(=O)Nc1ccc(F)c(Br)c1. The second kappa shape index (κ2) is 6.46. The number of nitrogens with two attached hydrogens (primary N) is 1. The van der Waals surface area contributed by atoms with Crippen LogP contribution in [0.3, 0.4) is 0 Å². The third-order valence-electron chi connectivity index (χ3n) is 2.01. The van der Waals surface area contributed by atoms with Gasteiger partial charge in [0, 0.05) is 5.69 Å². The molecular weight excluding hydrogens is 307 g/mol. The molecule has 1 aromatic rings. The summed E-state index contributed by atoms with van der Waals surface area (Å²) in [4.78, 5) is 22.8. The quantitative estimate of drug-likeness (QED) is 0.649. The molecule has 1 unspecified atom stereocenters. The molecule has 0 aliphatic rings. The summed E-state index contributed by atoms with van der Waals surface area (Å²) < 4.78 is 17.8. The molecular formula is C11H12BrFN2O3. The summed E-state index contributed by atoms with van der Waals surface area (Å²) in [6.07, 6.45) is 0. The fourth-order valence-electron chi connectivity index (χ4n) is 1.13. The topological polar surface area (TPSA) is 81.4 Å². The predicted octanol–water partition coefficient (Wildman–Crippen LogP) is 1.42. The van der Waals surface area contributed by atoms with Gasteiger partial charge in [0.05, 0.1) is 11.1 Å². The number of carbonyl (C=O) groups is 2. The molecule has 0 radical (unpaired) electrons. The van der Waals surface area contributed by atoms with E-state index in [1.165, 1.54) is 18.2 Å². The fourth-order valence-corrected chi connectivity index (χ4v) is 1.51. The van der Waals surface area contributed by atoms with E-state index in [4.69, 9.17) is 5.73 Å². The Hall–Kier alpha value is -1.47. The number of hydrogen-bond donors (Lipinski definition) is 2. The third kappa shape index (κ3) is 3.78. The van der Waals surface area contributed by atoms with Gasteiger partial charge in [-0.3, -0.25) is 4.79 Å². The second-order valence-corrected chi connectivity index (χ2v) is 4.20. The molecule has 0 aromatic heterocycles. The van der Waals surface area contributed by atoms with Gasteiger partial charge in [0.25, 0.3) is 5.91 Å². The smallest absolute Gasteiger partial charge is 0.332 e. The summed E-state index contributed by atoms with van der Waals surface area (Å²) in [5.41, 5.74) is 5.72. The van der Waals surface area contributed by atoms with Gasteiger partial charge < -0.3 is 15.8 Å². The highest BCUT2D eigenvalue weighted by atomic mass is 79.9. The first-order valence-corrected chi connectivity index (χ1v) is 5.93. The van der Waals surface area contributed by atoms with E-state index in [1.54, 1.807) is 6.92 Å². The second-order valence-electron chi connectivity index (χ2n) is 3.35. The van der Waals surface area contributed by atoms with E-state index in [2.05, 4.69) is 26.0 Å². The normalized spacial score (nSPS) is 11.8. The van der Waals surface area contributed by atoms with Crippen LogP contribution in [0, 0.1) is 5.82 Å². The molecule has 0 aliphatic carbocycles. The number of nitrogens with one attached hydrogen (secondary N) is 1. The summed E-state index contributed by atoms with van der Waals surface area (Å²) >= 11 is 2.98. The average molecular weight is 319 g/mol. The van der Waals surface area contributed by atoms with Gasteiger partial charge in [0.15, 0.2) is 6.04 Å². The number of carbonyl (C=O) groups excluding carboxylic acids is 2. The van der Waals surface area contributed by atoms with Crippen molar-refractivity contribution in [2.75, 3.05) is 11.9 Å². The van der Waals surface area contributed by atoms with Crippen LogP contribution in [-0.4, -0.2) is 24.5 Å². The number of rotatable bonds is 4. The minimum atomic E-state index is -1.41. The van der Waals surface area contributed by atoms with Crippen LogP contribution in [0.1, 0.15) is 6.92 Å². The molecule has 1 amide bonds. The van der Waals surface area contributed by atoms with Crippen molar-refractivity contribution >= 4 is 33.5 Å². The van der Waals surface area contributed by atoms with Gasteiger partial charge in [0.1, 0.15) is 5.82 Å². The summed E-state index contributed by atoms with van der Waals surface area (Å²) in [5.74, 6) is -1.98. The molecule has 3 N–H and O–H groups in total. The number of amides is 1. The van der Waals surface area contributed by atoms with Crippen LogP contribution in [0.15, 0.2) is 22.7 Å². The third-order valence-corrected chi connectivity index (χ3v) is 2.62. The molecule has 0 bridgehead atoms. The van der Waals surface area contributed by atoms with Crippen molar-refractivity contribution in [1.29, 1.82) is 0 Å². The number of benzene rings is 1. The zero-order valence-corrected chi connectivity index (χ0v) is 11.2. The Morgan fingerprint density at radius 1 is 1.56 bits per heavy atom. The molecule has 5 nitrogen and oxygen atoms in total. The van der Waals surface area contributed by atoms with Crippen molar-refractivity contribution < 1.29 is 18.7 Å². The van der Waals surface area contributed by atoms with Crippen molar-refractivity contribution in [3.05, 3.63) is 28.5 Å². The molecule has 0 saturated heterocycles. The lowest BCUT2D eigenvalue weighted by Gasteiger charge is -2.11. The van der Waals surface area contributed by atoms with E-state index < -0.39 is 23.7 Å². The first-order chi connectivity index (χ1) is 8.45. The first kappa shape index (κ1) is 14.6. The van der Waals surface area contributed by atoms with Crippen LogP contribution >= 0.6 is 15.9 Å². The Morgan fingerprint density at radius 3 is 2.78 bits per heavy atom. The minimum Gasteiger partial charge on any atom is -0.464 e. The van der Waals surface area contributed by atoms with Gasteiger partial charge in [-0.2, -0.15) is 0 Å². The van der Waals surface area contributed by atoms with Gasteiger partial charge in [-0.05, 0) is 41.1 Å². The summed E-state index contributed by atoms with van der Waals surface area (Å²) in [6, 6.07) is 2.49. The largest absolute Gasteiger partial charge is 0.464 e. The van der Waals surface area contributed by atoms with Gasteiger partial charge in [-0.25, -0.2) is 9.18 Å². The maximum atomic E-state index is 13.0. The molecule has 0 aliphatic heterocycles. The highest BCUT2D eigenvalue weighted by Crippen LogP contribution is 2.19. The molecule has 1 rings (SSSR count). The monoisotopic (exact) mass is 318 g/mol. The van der Waals surface area contributed by atoms with E-state index in [1.807, 2.05) is 0 Å². The van der Waals surface area contributed by atoms with Crippen molar-refractivity contribution in [3.63, 3.8) is 0 Å². The van der Waals surface area contributed by atoms with E-state index in [-0.39, 0.29) is 11.1 Å². The van der Waals surface area contributed by atoms with Crippen molar-refractivity contribution in [2.24, 2.45) is 5.73 Å². The van der Waals surface area contributed by atoms with E-state index in [0.717, 1.165) is 0 Å². The fraction of sp³-hybridized carbons (Fsp3) is 0.273. The van der Waals surface area contributed by atoms with Gasteiger partial charge in [0.2, 0.25) is 0 Å². The number of esters is 1. The van der Waals surface area contributed by atoms with E-state index in [0.29, 0.717) is 5.69 Å². The Labute approximate surface area is 112 Å². The maximum Gasteiger partial charge on any atom is 0.332 e. The molecule has 7 heteroatoms. The molecule has 0 spiro atoms. The Morgan fingerprint density at radius 2 is 2.22 bits per heavy atom. The van der Waals surface area contributed by atoms with Crippen molar-refractivity contribution in [3.8, 4) is 0 Å². The van der Waals surface area contributed by atoms with Crippen LogP contribution in [0.25, 0.3) is 0 Å². The van der Waals surface area contributed by atoms with Gasteiger partial charge >= 0.3 is 5.97 Å². The maximum absolute atomic E-state index is 13.0. The minimum absolute atomic E-state index is 0.141. The zero-order chi connectivity index (χ0) is 13.7. The van der Waals surface area contributed by atoms with Crippen LogP contribution in [0.4, 0.5) is 10.1 Å². The van der Waals surface area contributed by atoms with E-state index >= 15 is 0 Å². The molecule has 0 heterocycles. The van der Waals surface area contributed by atoms with Crippen molar-refractivity contribution in [2.45, 2.75) is 13.0 Å². The lowest BCUT2D eigenvalue weighted by molar-refractivity contribution is -0.146. The summed E-state index contributed by atoms with van der Waals surface area (Å²) in [6.45, 7) is 1.75. The Kier molecular flexibility index (Phi) is 5.24. The summed E-state index contributed by atoms with van der Waals surface area (Å²) in [7, 11) is 0. The lowest BCUT2D eigenvalue weighted by atomic mass is 10.2. The highest BCUT2D eigenvalue weighted by molar-refractivity contribution is 9.10. The van der Waals surface area contributed by atoms with Gasteiger partial charge in [-0.1, -0.05) is 0 Å². The van der Waals surface area contributed by atoms with Crippen LogP contribution in [0.2, 0.25) is 0 Å². The lowest BCUT2D eigenvalue weighted by Crippen LogP contribution is -2.43. The number of hydrogen-bond acceptors (Lipinski definition) is 4. The number of ether oxygens (including phenoxy) is 1. The molecule has 0 fully saturated rings. The Balaban J connectivity index is 2.69. The van der Waals surface area contributed by atoms with Crippen LogP contribution in [-0.2, 0) is 14.3 Å². The van der Waals surface area contributed by atoms with Crippen LogP contribution in [0.5, 0.6) is 0 Å². The van der Waals surface area contributed by atoms with Gasteiger partial charge in [-0.15, -0.1) is 0 Å². The predicted molar refractivity (Wildman–Crippen MR) is 67.3 cm³/mol. The molecule has 1 aromatic carbocycles. The zero-order valence-electron chi connectivity index (χ0n) is 9.57. The molecule has 1 atom stereocenters. The van der Waals surface area contributed by atoms with Crippen LogP contribution < -0.4 is 11.1 Å². The summed E-state index contributed by atoms with van der Waals surface area (Å²) in [5, 5.41) is 2.39. The number of halogens is 2. The molecule has 98 valence electrons. The highest BCUT2D eigenvalue weighted by Gasteiger charge is 2.23. The average Bonchev–Trinajstić information content (AvgIpc) is 2.33. The number of anilines is 1. The molecule has 18 heavy (non-hydrogen) atoms. The standard InChI is InChI=1S/C11H12BrFN2O3/c1-2-18-11(17)9(14)10(16)15-6-3-4-8(13)7(12)5-6/h3-5,9H,2,14H2,1H3,(H,15,16). The van der Waals surface area contributed by atoms with Crippen molar-refractivity contribution in [1.82, 2.24) is 0 Å². The Bertz CT molecular complexity index is 468.